The van der Waals surface area contributed by atoms with Crippen molar-refractivity contribution in [1.82, 2.24) is 24.8 Å². The Bertz CT molecular complexity index is 884. The van der Waals surface area contributed by atoms with Gasteiger partial charge < -0.3 is 9.88 Å². The average Bonchev–Trinajstić information content (AvgIpc) is 3.01. The maximum Gasteiger partial charge on any atom is 0.251 e. The Hall–Kier alpha value is -2.76. The van der Waals surface area contributed by atoms with Crippen LogP contribution >= 0.6 is 0 Å². The van der Waals surface area contributed by atoms with Crippen LogP contribution in [0.3, 0.4) is 0 Å². The molecule has 1 N–H and O–H groups in total. The second kappa shape index (κ2) is 6.78. The molecule has 24 heavy (non-hydrogen) atoms. The molecule has 1 aromatic carbocycles. The average molecular weight is 323 g/mol. The normalized spacial score (nSPS) is 11.0. The number of nitrogens with one attached hydrogen (secondary N) is 1. The number of hydrogen-bond donors (Lipinski definition) is 1. The smallest absolute Gasteiger partial charge is 0.251 e. The Morgan fingerprint density at radius 3 is 2.67 bits per heavy atom. The van der Waals surface area contributed by atoms with Gasteiger partial charge in [0.25, 0.3) is 5.91 Å². The number of aromatic nitrogens is 4. The number of carbonyl (C=O) groups excluding carboxylic acids is 1. The first-order chi connectivity index (χ1) is 11.6. The highest BCUT2D eigenvalue weighted by Crippen LogP contribution is 2.14. The summed E-state index contributed by atoms with van der Waals surface area (Å²) in [6.07, 6.45) is 4.72. The molecule has 6 heteroatoms. The molecule has 2 aromatic heterocycles. The Balaban J connectivity index is 1.76. The minimum Gasteiger partial charge on any atom is -0.345 e. The van der Waals surface area contributed by atoms with Gasteiger partial charge in [-0.15, -0.1) is 0 Å². The molecule has 0 bridgehead atoms. The minimum atomic E-state index is -0.136. The van der Waals surface area contributed by atoms with E-state index >= 15 is 0 Å². The van der Waals surface area contributed by atoms with Crippen molar-refractivity contribution in [2.75, 3.05) is 0 Å². The fourth-order valence-corrected chi connectivity index (χ4v) is 2.59. The number of amides is 1. The molecule has 0 fully saturated rings. The fraction of sp³-hybridized carbons (Fsp3) is 0.333. The second-order valence-electron chi connectivity index (χ2n) is 5.82. The van der Waals surface area contributed by atoms with Crippen LogP contribution in [0, 0.1) is 13.8 Å². The predicted octanol–water partition coefficient (Wildman–Crippen LogP) is 2.78. The van der Waals surface area contributed by atoms with Gasteiger partial charge in [0, 0.05) is 24.5 Å². The highest BCUT2D eigenvalue weighted by atomic mass is 16.1. The zero-order valence-corrected chi connectivity index (χ0v) is 14.2. The van der Waals surface area contributed by atoms with Crippen LogP contribution in [0.1, 0.15) is 40.9 Å². The molecule has 1 amide bonds. The Labute approximate surface area is 141 Å². The molecule has 0 aliphatic rings. The number of imidazole rings is 1. The summed E-state index contributed by atoms with van der Waals surface area (Å²) in [5.74, 6) is 0.722. The monoisotopic (exact) mass is 323 g/mol. The summed E-state index contributed by atoms with van der Waals surface area (Å²) < 4.78 is 2.05. The predicted molar refractivity (Wildman–Crippen MR) is 92.7 cm³/mol. The lowest BCUT2D eigenvalue weighted by Gasteiger charge is -2.09. The van der Waals surface area contributed by atoms with Crippen LogP contribution in [0.25, 0.3) is 11.0 Å². The van der Waals surface area contributed by atoms with Gasteiger partial charge in [-0.05, 0) is 38.5 Å². The Morgan fingerprint density at radius 2 is 1.92 bits per heavy atom. The van der Waals surface area contributed by atoms with Crippen molar-refractivity contribution < 1.29 is 4.79 Å². The first-order valence-electron chi connectivity index (χ1n) is 8.11. The number of benzene rings is 1. The zero-order valence-electron chi connectivity index (χ0n) is 14.2. The van der Waals surface area contributed by atoms with E-state index < -0.39 is 0 Å². The summed E-state index contributed by atoms with van der Waals surface area (Å²) in [5, 5.41) is 2.92. The van der Waals surface area contributed by atoms with Crippen LogP contribution in [-0.4, -0.2) is 25.4 Å². The number of carbonyl (C=O) groups is 1. The third-order valence-corrected chi connectivity index (χ3v) is 4.01. The van der Waals surface area contributed by atoms with Gasteiger partial charge in [0.05, 0.1) is 29.0 Å². The molecule has 0 unspecified atom stereocenters. The van der Waals surface area contributed by atoms with Crippen molar-refractivity contribution in [2.45, 2.75) is 40.3 Å². The van der Waals surface area contributed by atoms with Crippen molar-refractivity contribution in [2.24, 2.45) is 0 Å². The van der Waals surface area contributed by atoms with Gasteiger partial charge in [0.2, 0.25) is 0 Å². The molecule has 3 rings (SSSR count). The summed E-state index contributed by atoms with van der Waals surface area (Å²) in [4.78, 5) is 25.7. The van der Waals surface area contributed by atoms with Crippen LogP contribution in [0.15, 0.2) is 30.6 Å². The Morgan fingerprint density at radius 1 is 1.17 bits per heavy atom. The van der Waals surface area contributed by atoms with Gasteiger partial charge in [-0.1, -0.05) is 6.92 Å². The SMILES string of the molecule is CCCn1ccnc1CNC(=O)c1ccc2nc(C)c(C)nc2c1. The number of hydrogen-bond acceptors (Lipinski definition) is 4. The van der Waals surface area contributed by atoms with Crippen LogP contribution in [0.4, 0.5) is 0 Å². The highest BCUT2D eigenvalue weighted by Gasteiger charge is 2.10. The largest absolute Gasteiger partial charge is 0.345 e. The summed E-state index contributed by atoms with van der Waals surface area (Å²) in [6.45, 7) is 7.27. The second-order valence-corrected chi connectivity index (χ2v) is 5.82. The maximum absolute atomic E-state index is 12.4. The lowest BCUT2D eigenvalue weighted by molar-refractivity contribution is 0.0949. The molecule has 0 saturated heterocycles. The number of nitrogens with zero attached hydrogens (tertiary/aromatic N) is 4. The van der Waals surface area contributed by atoms with E-state index in [1.807, 2.05) is 26.1 Å². The van der Waals surface area contributed by atoms with E-state index in [2.05, 4.69) is 31.8 Å². The van der Waals surface area contributed by atoms with Crippen molar-refractivity contribution in [3.8, 4) is 0 Å². The molecule has 0 spiro atoms. The summed E-state index contributed by atoms with van der Waals surface area (Å²) in [7, 11) is 0. The first-order valence-corrected chi connectivity index (χ1v) is 8.11. The van der Waals surface area contributed by atoms with E-state index in [-0.39, 0.29) is 5.91 Å². The van der Waals surface area contributed by atoms with Gasteiger partial charge in [-0.3, -0.25) is 4.79 Å². The molecule has 3 aromatic rings. The number of rotatable bonds is 5. The van der Waals surface area contributed by atoms with E-state index in [1.165, 1.54) is 0 Å². The molecule has 0 aliphatic heterocycles. The van der Waals surface area contributed by atoms with E-state index in [9.17, 15) is 4.79 Å². The zero-order chi connectivity index (χ0) is 17.1. The van der Waals surface area contributed by atoms with E-state index in [0.717, 1.165) is 41.2 Å². The van der Waals surface area contributed by atoms with Crippen molar-refractivity contribution in [1.29, 1.82) is 0 Å². The summed E-state index contributed by atoms with van der Waals surface area (Å²) in [5.41, 5.74) is 3.89. The molecule has 0 saturated carbocycles. The maximum atomic E-state index is 12.4. The van der Waals surface area contributed by atoms with Crippen LogP contribution < -0.4 is 5.32 Å². The van der Waals surface area contributed by atoms with E-state index in [1.54, 1.807) is 18.3 Å². The summed E-state index contributed by atoms with van der Waals surface area (Å²) in [6, 6.07) is 5.39. The summed E-state index contributed by atoms with van der Waals surface area (Å²) >= 11 is 0. The molecule has 0 aliphatic carbocycles. The molecule has 2 heterocycles. The quantitative estimate of drug-likeness (QED) is 0.783. The topological polar surface area (TPSA) is 72.7 Å². The highest BCUT2D eigenvalue weighted by molar-refractivity contribution is 5.97. The van der Waals surface area contributed by atoms with Gasteiger partial charge >= 0.3 is 0 Å². The van der Waals surface area contributed by atoms with E-state index in [0.29, 0.717) is 12.1 Å². The van der Waals surface area contributed by atoms with Gasteiger partial charge in [-0.25, -0.2) is 15.0 Å². The molecule has 6 nitrogen and oxygen atoms in total. The van der Waals surface area contributed by atoms with Crippen molar-refractivity contribution >= 4 is 16.9 Å². The third-order valence-electron chi connectivity index (χ3n) is 4.01. The lowest BCUT2D eigenvalue weighted by Crippen LogP contribution is -2.24. The standard InChI is InChI=1S/C18H21N5O/c1-4-8-23-9-7-19-17(23)11-20-18(24)14-5-6-15-16(10-14)22-13(3)12(2)21-15/h5-7,9-10H,4,8,11H2,1-3H3,(H,20,24). The van der Waals surface area contributed by atoms with Gasteiger partial charge in [0.15, 0.2) is 0 Å². The number of fused-ring (bicyclic) bond motifs is 1. The van der Waals surface area contributed by atoms with Crippen LogP contribution in [0.2, 0.25) is 0 Å². The minimum absolute atomic E-state index is 0.136. The molecule has 124 valence electrons. The number of aryl methyl sites for hydroxylation is 3. The van der Waals surface area contributed by atoms with Crippen molar-refractivity contribution in [3.63, 3.8) is 0 Å². The van der Waals surface area contributed by atoms with Crippen LogP contribution in [-0.2, 0) is 13.1 Å². The third kappa shape index (κ3) is 3.27. The Kier molecular flexibility index (Phi) is 4.55. The van der Waals surface area contributed by atoms with Gasteiger partial charge in [-0.2, -0.15) is 0 Å². The lowest BCUT2D eigenvalue weighted by atomic mass is 10.1. The fourth-order valence-electron chi connectivity index (χ4n) is 2.59. The molecule has 0 radical (unpaired) electrons. The van der Waals surface area contributed by atoms with E-state index in [4.69, 9.17) is 0 Å². The van der Waals surface area contributed by atoms with Crippen LogP contribution in [0.5, 0.6) is 0 Å². The first kappa shape index (κ1) is 16.1. The molecular weight excluding hydrogens is 302 g/mol. The molecule has 0 atom stereocenters. The molecular formula is C18H21N5O. The van der Waals surface area contributed by atoms with Gasteiger partial charge in [0.1, 0.15) is 5.82 Å². The van der Waals surface area contributed by atoms with Crippen molar-refractivity contribution in [3.05, 3.63) is 53.4 Å².